The molecule has 0 aliphatic carbocycles. The maximum atomic E-state index is 11.9. The van der Waals surface area contributed by atoms with Crippen LogP contribution in [0.3, 0.4) is 0 Å². The minimum Gasteiger partial charge on any atom is -0.337 e. The molecule has 0 unspecified atom stereocenters. The van der Waals surface area contributed by atoms with Crippen LogP contribution in [0.25, 0.3) is 0 Å². The average molecular weight is 268 g/mol. The Morgan fingerprint density at radius 1 is 1.33 bits per heavy atom. The fourth-order valence-corrected chi connectivity index (χ4v) is 2.40. The van der Waals surface area contributed by atoms with E-state index in [1.165, 1.54) is 5.56 Å². The van der Waals surface area contributed by atoms with Crippen LogP contribution < -0.4 is 4.72 Å². The van der Waals surface area contributed by atoms with Gasteiger partial charge in [0.25, 0.3) is 0 Å². The second-order valence-corrected chi connectivity index (χ2v) is 6.26. The van der Waals surface area contributed by atoms with Gasteiger partial charge in [-0.05, 0) is 17.5 Å². The van der Waals surface area contributed by atoms with Crippen molar-refractivity contribution in [1.29, 1.82) is 0 Å². The fraction of sp³-hybridized carbons (Fsp3) is 0.417. The van der Waals surface area contributed by atoms with Crippen molar-refractivity contribution < 1.29 is 13.2 Å². The maximum Gasteiger partial charge on any atom is 0.237 e. The molecular weight excluding hydrogens is 252 g/mol. The number of nitrogens with zero attached hydrogens (tertiary/aromatic N) is 1. The highest BCUT2D eigenvalue weighted by atomic mass is 32.2. The Kier molecular flexibility index (Phi) is 3.68. The van der Waals surface area contributed by atoms with Crippen molar-refractivity contribution in [3.05, 3.63) is 35.4 Å². The molecule has 1 amide bonds. The molecule has 0 fully saturated rings. The van der Waals surface area contributed by atoms with Gasteiger partial charge in [-0.2, -0.15) is 0 Å². The van der Waals surface area contributed by atoms with Crippen LogP contribution in [0.4, 0.5) is 0 Å². The summed E-state index contributed by atoms with van der Waals surface area (Å²) in [5.41, 5.74) is 2.40. The lowest BCUT2D eigenvalue weighted by molar-refractivity contribution is -0.130. The quantitative estimate of drug-likeness (QED) is 0.847. The lowest BCUT2D eigenvalue weighted by atomic mass is 10.00. The molecule has 1 N–H and O–H groups in total. The van der Waals surface area contributed by atoms with Gasteiger partial charge >= 0.3 is 0 Å². The van der Waals surface area contributed by atoms with Gasteiger partial charge in [0.15, 0.2) is 0 Å². The number of carbonyl (C=O) groups is 1. The van der Waals surface area contributed by atoms with Crippen LogP contribution in [0.5, 0.6) is 0 Å². The van der Waals surface area contributed by atoms with E-state index in [2.05, 4.69) is 10.8 Å². The summed E-state index contributed by atoms with van der Waals surface area (Å²) >= 11 is 0. The Balaban J connectivity index is 1.99. The standard InChI is InChI=1S/C12H16N2O3S/c1-18(16,17)13-8-12(15)14-7-6-10-4-2-3-5-11(10)9-14/h2-5,13H,6-9H2,1H3. The summed E-state index contributed by atoms with van der Waals surface area (Å²) in [6.45, 7) is 1.03. The zero-order valence-electron chi connectivity index (χ0n) is 10.2. The Hall–Kier alpha value is -1.40. The van der Waals surface area contributed by atoms with E-state index in [0.29, 0.717) is 13.1 Å². The average Bonchev–Trinajstić information content (AvgIpc) is 2.34. The summed E-state index contributed by atoms with van der Waals surface area (Å²) in [4.78, 5) is 13.5. The van der Waals surface area contributed by atoms with Crippen molar-refractivity contribution in [3.63, 3.8) is 0 Å². The van der Waals surface area contributed by atoms with Crippen molar-refractivity contribution >= 4 is 15.9 Å². The highest BCUT2D eigenvalue weighted by molar-refractivity contribution is 7.88. The molecule has 0 saturated carbocycles. The summed E-state index contributed by atoms with van der Waals surface area (Å²) in [5.74, 6) is -0.185. The van der Waals surface area contributed by atoms with Gasteiger partial charge in [-0.3, -0.25) is 4.79 Å². The van der Waals surface area contributed by atoms with Gasteiger partial charge < -0.3 is 4.90 Å². The van der Waals surface area contributed by atoms with Crippen molar-refractivity contribution in [1.82, 2.24) is 9.62 Å². The topological polar surface area (TPSA) is 66.5 Å². The van der Waals surface area contributed by atoms with Gasteiger partial charge in [0.1, 0.15) is 0 Å². The highest BCUT2D eigenvalue weighted by Gasteiger charge is 2.20. The van der Waals surface area contributed by atoms with Crippen molar-refractivity contribution in [3.8, 4) is 0 Å². The largest absolute Gasteiger partial charge is 0.337 e. The van der Waals surface area contributed by atoms with Crippen LogP contribution in [0.2, 0.25) is 0 Å². The number of benzene rings is 1. The van der Waals surface area contributed by atoms with E-state index in [1.807, 2.05) is 18.2 Å². The normalized spacial score (nSPS) is 15.3. The lowest BCUT2D eigenvalue weighted by Crippen LogP contribution is -2.42. The first-order chi connectivity index (χ1) is 8.46. The van der Waals surface area contributed by atoms with Crippen LogP contribution in [0.1, 0.15) is 11.1 Å². The first-order valence-electron chi connectivity index (χ1n) is 5.75. The number of carbonyl (C=O) groups excluding carboxylic acids is 1. The minimum absolute atomic E-state index is 0.166. The van der Waals surface area contributed by atoms with Crippen LogP contribution in [0, 0.1) is 0 Å². The number of sulfonamides is 1. The predicted octanol–water partition coefficient (Wildman–Crippen LogP) is 0.121. The number of nitrogens with one attached hydrogen (secondary N) is 1. The molecule has 1 aliphatic heterocycles. The molecule has 6 heteroatoms. The van der Waals surface area contributed by atoms with Gasteiger partial charge in [-0.15, -0.1) is 0 Å². The zero-order valence-corrected chi connectivity index (χ0v) is 11.0. The maximum absolute atomic E-state index is 11.9. The number of hydrogen-bond donors (Lipinski definition) is 1. The second-order valence-electron chi connectivity index (χ2n) is 4.43. The summed E-state index contributed by atoms with van der Waals surface area (Å²) in [6.07, 6.45) is 1.87. The molecule has 0 aromatic heterocycles. The number of amides is 1. The third kappa shape index (κ3) is 3.30. The van der Waals surface area contributed by atoms with E-state index in [1.54, 1.807) is 4.90 Å². The van der Waals surface area contributed by atoms with E-state index in [0.717, 1.165) is 18.2 Å². The van der Waals surface area contributed by atoms with E-state index in [-0.39, 0.29) is 12.5 Å². The molecule has 0 radical (unpaired) electrons. The molecule has 18 heavy (non-hydrogen) atoms. The van der Waals surface area contributed by atoms with Crippen LogP contribution >= 0.6 is 0 Å². The van der Waals surface area contributed by atoms with E-state index in [9.17, 15) is 13.2 Å². The Bertz CT molecular complexity index is 554. The van der Waals surface area contributed by atoms with E-state index >= 15 is 0 Å². The third-order valence-electron chi connectivity index (χ3n) is 2.97. The van der Waals surface area contributed by atoms with Crippen molar-refractivity contribution in [2.75, 3.05) is 19.3 Å². The molecular formula is C12H16N2O3S. The second kappa shape index (κ2) is 5.07. The Morgan fingerprint density at radius 3 is 2.67 bits per heavy atom. The highest BCUT2D eigenvalue weighted by Crippen LogP contribution is 2.18. The van der Waals surface area contributed by atoms with E-state index < -0.39 is 10.0 Å². The first kappa shape index (κ1) is 13.0. The molecule has 0 atom stereocenters. The van der Waals surface area contributed by atoms with Crippen LogP contribution in [-0.4, -0.2) is 38.6 Å². The molecule has 98 valence electrons. The molecule has 0 spiro atoms. The summed E-state index contributed by atoms with van der Waals surface area (Å²) in [5, 5.41) is 0. The minimum atomic E-state index is -3.32. The molecule has 0 saturated heterocycles. The molecule has 2 rings (SSSR count). The van der Waals surface area contributed by atoms with Gasteiger partial charge in [0.05, 0.1) is 12.8 Å². The molecule has 0 bridgehead atoms. The van der Waals surface area contributed by atoms with Crippen molar-refractivity contribution in [2.24, 2.45) is 0 Å². The molecule has 1 aromatic carbocycles. The zero-order chi connectivity index (χ0) is 13.2. The predicted molar refractivity (Wildman–Crippen MR) is 68.4 cm³/mol. The summed E-state index contributed by atoms with van der Waals surface area (Å²) in [7, 11) is -3.32. The van der Waals surface area contributed by atoms with Gasteiger partial charge in [-0.1, -0.05) is 24.3 Å². The first-order valence-corrected chi connectivity index (χ1v) is 7.64. The van der Waals surface area contributed by atoms with Crippen LogP contribution in [0.15, 0.2) is 24.3 Å². The van der Waals surface area contributed by atoms with Gasteiger partial charge in [0, 0.05) is 13.1 Å². The number of hydrogen-bond acceptors (Lipinski definition) is 3. The van der Waals surface area contributed by atoms with Gasteiger partial charge in [0.2, 0.25) is 15.9 Å². The Morgan fingerprint density at radius 2 is 2.00 bits per heavy atom. The SMILES string of the molecule is CS(=O)(=O)NCC(=O)N1CCc2ccccc2C1. The fourth-order valence-electron chi connectivity index (χ4n) is 2.01. The van der Waals surface area contributed by atoms with Crippen molar-refractivity contribution in [2.45, 2.75) is 13.0 Å². The lowest BCUT2D eigenvalue weighted by Gasteiger charge is -2.28. The van der Waals surface area contributed by atoms with E-state index in [4.69, 9.17) is 0 Å². The van der Waals surface area contributed by atoms with Gasteiger partial charge in [-0.25, -0.2) is 13.1 Å². The smallest absolute Gasteiger partial charge is 0.237 e. The molecule has 1 heterocycles. The van der Waals surface area contributed by atoms with Crippen LogP contribution in [-0.2, 0) is 27.8 Å². The molecule has 1 aromatic rings. The summed E-state index contributed by atoms with van der Waals surface area (Å²) < 4.78 is 24.1. The number of rotatable bonds is 3. The molecule has 5 nitrogen and oxygen atoms in total. The number of fused-ring (bicyclic) bond motifs is 1. The third-order valence-corrected chi connectivity index (χ3v) is 3.64. The Labute approximate surface area is 107 Å². The molecule has 1 aliphatic rings. The monoisotopic (exact) mass is 268 g/mol. The summed E-state index contributed by atoms with van der Waals surface area (Å²) in [6, 6.07) is 7.99.